The second kappa shape index (κ2) is 8.07. The second-order valence-electron chi connectivity index (χ2n) is 7.84. The van der Waals surface area contributed by atoms with Gasteiger partial charge in [0, 0.05) is 23.3 Å². The lowest BCUT2D eigenvalue weighted by Gasteiger charge is -2.19. The third-order valence-electron chi connectivity index (χ3n) is 5.98. The molecular weight excluding hydrogens is 408 g/mol. The molecule has 2 atom stereocenters. The zero-order valence-corrected chi connectivity index (χ0v) is 17.7. The van der Waals surface area contributed by atoms with Crippen molar-refractivity contribution in [3.8, 4) is 17.3 Å². The lowest BCUT2D eigenvalue weighted by molar-refractivity contribution is 0.0784. The molecule has 0 spiro atoms. The van der Waals surface area contributed by atoms with E-state index in [9.17, 15) is 4.79 Å². The van der Waals surface area contributed by atoms with Gasteiger partial charge in [-0.15, -0.1) is 0 Å². The number of hydrogen-bond donors (Lipinski definition) is 0. The highest BCUT2D eigenvalue weighted by Crippen LogP contribution is 2.42. The fourth-order valence-corrected chi connectivity index (χ4v) is 4.48. The number of amides is 1. The van der Waals surface area contributed by atoms with Gasteiger partial charge in [-0.05, 0) is 42.8 Å². The molecule has 0 bridgehead atoms. The van der Waals surface area contributed by atoms with Gasteiger partial charge in [-0.3, -0.25) is 4.79 Å². The van der Waals surface area contributed by atoms with Crippen molar-refractivity contribution in [3.63, 3.8) is 0 Å². The molecule has 2 unspecified atom stereocenters. The largest absolute Gasteiger partial charge is 0.497 e. The van der Waals surface area contributed by atoms with Crippen LogP contribution < -0.4 is 9.47 Å². The van der Waals surface area contributed by atoms with Crippen LogP contribution in [0.1, 0.15) is 32.3 Å². The minimum absolute atomic E-state index is 0.0673. The van der Waals surface area contributed by atoms with Crippen molar-refractivity contribution in [2.24, 2.45) is 11.8 Å². The van der Waals surface area contributed by atoms with Crippen molar-refractivity contribution in [2.45, 2.75) is 13.3 Å². The number of allylic oxidation sites excluding steroid dienone is 1. The molecule has 1 amide bonds. The molecule has 0 N–H and O–H groups in total. The summed E-state index contributed by atoms with van der Waals surface area (Å²) in [5.74, 6) is 1.12. The molecule has 9 nitrogen and oxygen atoms in total. The first kappa shape index (κ1) is 16.9. The molecular formula is C23H24N6O3. The van der Waals surface area contributed by atoms with Crippen molar-refractivity contribution >= 4 is 11.5 Å². The first-order valence-electron chi connectivity index (χ1n) is 11.7. The molecule has 32 heavy (non-hydrogen) atoms. The molecule has 2 aromatic heterocycles. The average molecular weight is 436 g/mol. The fourth-order valence-electron chi connectivity index (χ4n) is 4.48. The van der Waals surface area contributed by atoms with E-state index in [-0.39, 0.29) is 23.4 Å². The van der Waals surface area contributed by atoms with Gasteiger partial charge in [0.1, 0.15) is 17.1 Å². The molecule has 1 aliphatic heterocycles. The van der Waals surface area contributed by atoms with Crippen LogP contribution in [0.5, 0.6) is 11.6 Å². The normalized spacial score (nSPS) is 21.4. The Morgan fingerprint density at radius 3 is 2.75 bits per heavy atom. The number of benzene rings is 1. The van der Waals surface area contributed by atoms with Crippen LogP contribution >= 0.6 is 0 Å². The van der Waals surface area contributed by atoms with E-state index in [1.807, 2.05) is 4.90 Å². The average Bonchev–Trinajstić information content (AvgIpc) is 3.59. The summed E-state index contributed by atoms with van der Waals surface area (Å²) in [6.07, 6.45) is 7.06. The van der Waals surface area contributed by atoms with Crippen LogP contribution in [-0.2, 0) is 0 Å². The molecule has 1 aliphatic carbocycles. The fraction of sp³-hybridized carbons (Fsp3) is 0.348. The quantitative estimate of drug-likeness (QED) is 0.608. The van der Waals surface area contributed by atoms with Gasteiger partial charge in [0.05, 0.1) is 44.1 Å². The van der Waals surface area contributed by atoms with Crippen molar-refractivity contribution in [3.05, 3.63) is 59.8 Å². The van der Waals surface area contributed by atoms with Gasteiger partial charge < -0.3 is 14.4 Å². The van der Waals surface area contributed by atoms with Gasteiger partial charge in [-0.2, -0.15) is 15.0 Å². The molecule has 3 aromatic rings. The van der Waals surface area contributed by atoms with Crippen molar-refractivity contribution < 1.29 is 18.4 Å². The van der Waals surface area contributed by atoms with Crippen LogP contribution in [0.2, 0.25) is 0 Å². The number of ether oxygens (including phenoxy) is 2. The van der Waals surface area contributed by atoms with Crippen LogP contribution in [0, 0.1) is 18.7 Å². The van der Waals surface area contributed by atoms with Crippen molar-refractivity contribution in [1.29, 1.82) is 0 Å². The Hall–Kier alpha value is -3.75. The van der Waals surface area contributed by atoms with E-state index < -0.39 is 6.85 Å². The number of methoxy groups -OCH3 is 2. The van der Waals surface area contributed by atoms with Crippen molar-refractivity contribution in [2.75, 3.05) is 27.3 Å². The highest BCUT2D eigenvalue weighted by Gasteiger charge is 2.40. The standard InChI is InChI=1S/C23H24N6O3/c1-14-11-24-22(32-3)21(27-14)15-8-16-12-28(13-17(16)9-15)23(30)19-5-4-18(31-2)10-20(19)29-25-6-7-26-29/h4-8,10-11,16-17H,9,12-13H2,1-3H3/i1D3. The summed E-state index contributed by atoms with van der Waals surface area (Å²) in [6, 6.07) is 5.22. The Balaban J connectivity index is 1.39. The van der Waals surface area contributed by atoms with E-state index in [1.54, 1.807) is 37.7 Å². The van der Waals surface area contributed by atoms with Crippen LogP contribution in [0.4, 0.5) is 0 Å². The third kappa shape index (κ3) is 3.49. The Labute approximate surface area is 189 Å². The predicted molar refractivity (Wildman–Crippen MR) is 117 cm³/mol. The summed E-state index contributed by atoms with van der Waals surface area (Å²) in [4.78, 5) is 25.2. The smallest absolute Gasteiger partial charge is 0.256 e. The number of carbonyl (C=O) groups excluding carboxylic acids is 1. The van der Waals surface area contributed by atoms with E-state index in [1.165, 1.54) is 18.1 Å². The number of nitrogens with zero attached hydrogens (tertiary/aromatic N) is 6. The maximum absolute atomic E-state index is 13.5. The summed E-state index contributed by atoms with van der Waals surface area (Å²) in [6.45, 7) is -1.25. The van der Waals surface area contributed by atoms with Crippen LogP contribution in [0.15, 0.2) is 42.9 Å². The number of aryl methyl sites for hydroxylation is 1. The zero-order valence-electron chi connectivity index (χ0n) is 20.7. The van der Waals surface area contributed by atoms with E-state index >= 15 is 0 Å². The van der Waals surface area contributed by atoms with Gasteiger partial charge in [0.2, 0.25) is 5.88 Å². The van der Waals surface area contributed by atoms with E-state index in [0.717, 1.165) is 5.57 Å². The van der Waals surface area contributed by atoms with Gasteiger partial charge in [-0.1, -0.05) is 6.08 Å². The number of likely N-dealkylation sites (tertiary alicyclic amines) is 1. The lowest BCUT2D eigenvalue weighted by atomic mass is 9.99. The van der Waals surface area contributed by atoms with Crippen LogP contribution in [-0.4, -0.2) is 63.1 Å². The summed E-state index contributed by atoms with van der Waals surface area (Å²) in [7, 11) is 3.05. The lowest BCUT2D eigenvalue weighted by Crippen LogP contribution is -2.30. The summed E-state index contributed by atoms with van der Waals surface area (Å²) in [5.41, 5.74) is 2.32. The molecule has 164 valence electrons. The van der Waals surface area contributed by atoms with Gasteiger partial charge >= 0.3 is 0 Å². The third-order valence-corrected chi connectivity index (χ3v) is 5.98. The molecule has 2 aliphatic rings. The monoisotopic (exact) mass is 435 g/mol. The molecule has 1 fully saturated rings. The van der Waals surface area contributed by atoms with Gasteiger partial charge in [0.25, 0.3) is 5.91 Å². The number of aromatic nitrogens is 5. The molecule has 1 saturated heterocycles. The highest BCUT2D eigenvalue weighted by atomic mass is 16.5. The number of hydrogen-bond acceptors (Lipinski definition) is 7. The second-order valence-corrected chi connectivity index (χ2v) is 7.84. The number of rotatable bonds is 5. The van der Waals surface area contributed by atoms with E-state index in [4.69, 9.17) is 13.6 Å². The number of carbonyl (C=O) groups is 1. The highest BCUT2D eigenvalue weighted by molar-refractivity contribution is 5.98. The topological polar surface area (TPSA) is 95.3 Å². The predicted octanol–water partition coefficient (Wildman–Crippen LogP) is 2.56. The summed E-state index contributed by atoms with van der Waals surface area (Å²) < 4.78 is 33.6. The maximum Gasteiger partial charge on any atom is 0.256 e. The first-order chi connectivity index (χ1) is 16.8. The molecule has 5 rings (SSSR count). The molecule has 0 saturated carbocycles. The van der Waals surface area contributed by atoms with E-state index in [2.05, 4.69) is 26.2 Å². The van der Waals surface area contributed by atoms with Gasteiger partial charge in [-0.25, -0.2) is 9.97 Å². The SMILES string of the molecule is [2H]C([2H])([2H])c1cnc(OC)c(C2=CC3CN(C(=O)c4ccc(OC)cc4-n4nccn4)CC3C2)n1. The Bertz CT molecular complexity index is 1290. The molecule has 9 heteroatoms. The van der Waals surface area contributed by atoms with Crippen LogP contribution in [0.3, 0.4) is 0 Å². The summed E-state index contributed by atoms with van der Waals surface area (Å²) in [5, 5.41) is 8.36. The minimum atomic E-state index is -2.36. The minimum Gasteiger partial charge on any atom is -0.497 e. The van der Waals surface area contributed by atoms with Crippen LogP contribution in [0.25, 0.3) is 11.3 Å². The summed E-state index contributed by atoms with van der Waals surface area (Å²) >= 11 is 0. The molecule has 3 heterocycles. The molecule has 0 radical (unpaired) electrons. The Morgan fingerprint density at radius 1 is 1.19 bits per heavy atom. The van der Waals surface area contributed by atoms with Gasteiger partial charge in [0.15, 0.2) is 0 Å². The number of fused-ring (bicyclic) bond motifs is 1. The Morgan fingerprint density at radius 2 is 2.03 bits per heavy atom. The zero-order chi connectivity index (χ0) is 24.7. The Kier molecular flexibility index (Phi) is 4.26. The van der Waals surface area contributed by atoms with E-state index in [0.29, 0.717) is 48.1 Å². The first-order valence-corrected chi connectivity index (χ1v) is 10.2. The molecule has 1 aromatic carbocycles. The van der Waals surface area contributed by atoms with Crippen molar-refractivity contribution in [1.82, 2.24) is 29.9 Å². The maximum atomic E-state index is 13.5.